The number of nitrogens with one attached hydrogen (secondary N) is 1. The van der Waals surface area contributed by atoms with Gasteiger partial charge in [0.15, 0.2) is 0 Å². The molecule has 0 aliphatic carbocycles. The highest BCUT2D eigenvalue weighted by Crippen LogP contribution is 2.20. The molecule has 0 radical (unpaired) electrons. The minimum Gasteiger partial charge on any atom is -0.481 e. The van der Waals surface area contributed by atoms with Gasteiger partial charge in [-0.2, -0.15) is 0 Å². The van der Waals surface area contributed by atoms with E-state index >= 15 is 0 Å². The minimum atomic E-state index is -0.777. The Balaban J connectivity index is 1.65. The van der Waals surface area contributed by atoms with Crippen LogP contribution < -0.4 is 5.32 Å². The largest absolute Gasteiger partial charge is 0.481 e. The predicted molar refractivity (Wildman–Crippen MR) is 70.0 cm³/mol. The fraction of sp³-hybridized carbons (Fsp3) is 0.667. The number of hydrogen-bond donors (Lipinski definition) is 2. The van der Waals surface area contributed by atoms with E-state index in [4.69, 9.17) is 5.11 Å². The van der Waals surface area contributed by atoms with Gasteiger partial charge >= 0.3 is 12.0 Å². The summed E-state index contributed by atoms with van der Waals surface area (Å²) in [5, 5.41) is 19.0. The summed E-state index contributed by atoms with van der Waals surface area (Å²) in [6, 6.07) is -0.0945. The van der Waals surface area contributed by atoms with Gasteiger partial charge in [0.25, 0.3) is 0 Å². The average molecular weight is 281 g/mol. The van der Waals surface area contributed by atoms with Gasteiger partial charge < -0.3 is 15.3 Å². The number of carboxylic acids is 1. The number of urea groups is 1. The zero-order chi connectivity index (χ0) is 14.4. The van der Waals surface area contributed by atoms with Crippen LogP contribution in [0.15, 0.2) is 12.4 Å². The lowest BCUT2D eigenvalue weighted by molar-refractivity contribution is -0.137. The topological polar surface area (TPSA) is 100 Å². The first-order valence-corrected chi connectivity index (χ1v) is 6.74. The SMILES string of the molecule is O=C(O)CCC1CCN(C(=O)NCCn2ccnn2)C1. The molecule has 0 bridgehead atoms. The van der Waals surface area contributed by atoms with Crippen LogP contribution in [0.3, 0.4) is 0 Å². The van der Waals surface area contributed by atoms with E-state index in [1.807, 2.05) is 0 Å². The van der Waals surface area contributed by atoms with E-state index in [0.717, 1.165) is 6.42 Å². The van der Waals surface area contributed by atoms with Crippen molar-refractivity contribution >= 4 is 12.0 Å². The van der Waals surface area contributed by atoms with Gasteiger partial charge in [-0.1, -0.05) is 5.21 Å². The minimum absolute atomic E-state index is 0.0945. The molecule has 110 valence electrons. The molecule has 2 amide bonds. The van der Waals surface area contributed by atoms with Crippen LogP contribution >= 0.6 is 0 Å². The lowest BCUT2D eigenvalue weighted by atomic mass is 10.0. The van der Waals surface area contributed by atoms with Gasteiger partial charge in [-0.05, 0) is 18.8 Å². The quantitative estimate of drug-likeness (QED) is 0.774. The van der Waals surface area contributed by atoms with E-state index in [9.17, 15) is 9.59 Å². The van der Waals surface area contributed by atoms with E-state index in [2.05, 4.69) is 15.6 Å². The summed E-state index contributed by atoms with van der Waals surface area (Å²) in [5.74, 6) is -0.479. The van der Waals surface area contributed by atoms with Crippen LogP contribution in [0.25, 0.3) is 0 Å². The summed E-state index contributed by atoms with van der Waals surface area (Å²) in [6.07, 6.45) is 5.02. The number of nitrogens with zero attached hydrogens (tertiary/aromatic N) is 4. The van der Waals surface area contributed by atoms with Gasteiger partial charge in [-0.3, -0.25) is 9.48 Å². The zero-order valence-corrected chi connectivity index (χ0v) is 11.2. The van der Waals surface area contributed by atoms with Gasteiger partial charge in [-0.25, -0.2) is 4.79 Å². The lowest BCUT2D eigenvalue weighted by Gasteiger charge is -2.17. The molecule has 1 aromatic heterocycles. The van der Waals surface area contributed by atoms with Crippen LogP contribution in [0.2, 0.25) is 0 Å². The monoisotopic (exact) mass is 281 g/mol. The number of carboxylic acid groups (broad SMARTS) is 1. The molecule has 0 saturated carbocycles. The Morgan fingerprint density at radius 1 is 1.45 bits per heavy atom. The van der Waals surface area contributed by atoms with Gasteiger partial charge in [0.1, 0.15) is 0 Å². The molecule has 1 atom stereocenters. The number of aliphatic carboxylic acids is 1. The molecular formula is C12H19N5O3. The van der Waals surface area contributed by atoms with Crippen molar-refractivity contribution in [2.75, 3.05) is 19.6 Å². The van der Waals surface area contributed by atoms with E-state index in [-0.39, 0.29) is 12.5 Å². The summed E-state index contributed by atoms with van der Waals surface area (Å²) in [7, 11) is 0. The molecule has 2 heterocycles. The fourth-order valence-corrected chi connectivity index (χ4v) is 2.32. The van der Waals surface area contributed by atoms with Crippen molar-refractivity contribution in [3.8, 4) is 0 Å². The molecule has 20 heavy (non-hydrogen) atoms. The summed E-state index contributed by atoms with van der Waals surface area (Å²) in [4.78, 5) is 24.2. The molecule has 2 rings (SSSR count). The van der Waals surface area contributed by atoms with Crippen LogP contribution in [0.4, 0.5) is 4.79 Å². The van der Waals surface area contributed by atoms with Gasteiger partial charge in [0.2, 0.25) is 0 Å². The van der Waals surface area contributed by atoms with Crippen LogP contribution in [0.1, 0.15) is 19.3 Å². The highest BCUT2D eigenvalue weighted by Gasteiger charge is 2.26. The first-order chi connectivity index (χ1) is 9.65. The standard InChI is InChI=1S/C12H19N5O3/c18-11(19)2-1-10-3-6-16(9-10)12(20)13-4-7-17-8-5-14-15-17/h5,8,10H,1-4,6-7,9H2,(H,13,20)(H,18,19). The van der Waals surface area contributed by atoms with Crippen LogP contribution in [0.5, 0.6) is 0 Å². The third kappa shape index (κ3) is 4.22. The van der Waals surface area contributed by atoms with Crippen LogP contribution in [-0.4, -0.2) is 56.6 Å². The molecule has 0 spiro atoms. The Hall–Kier alpha value is -2.12. The first kappa shape index (κ1) is 14.3. The van der Waals surface area contributed by atoms with Crippen molar-refractivity contribution in [3.05, 3.63) is 12.4 Å². The van der Waals surface area contributed by atoms with E-state index < -0.39 is 5.97 Å². The third-order valence-corrected chi connectivity index (χ3v) is 3.43. The molecule has 1 fully saturated rings. The maximum absolute atomic E-state index is 11.9. The predicted octanol–water partition coefficient (Wildman–Crippen LogP) is 0.174. The van der Waals surface area contributed by atoms with Crippen molar-refractivity contribution in [2.45, 2.75) is 25.8 Å². The second-order valence-corrected chi connectivity index (χ2v) is 4.93. The molecule has 1 aromatic rings. The van der Waals surface area contributed by atoms with Crippen LogP contribution in [-0.2, 0) is 11.3 Å². The molecule has 1 saturated heterocycles. The number of rotatable bonds is 6. The molecule has 1 aliphatic heterocycles. The highest BCUT2D eigenvalue weighted by atomic mass is 16.4. The second-order valence-electron chi connectivity index (χ2n) is 4.93. The first-order valence-electron chi connectivity index (χ1n) is 6.74. The van der Waals surface area contributed by atoms with Crippen LogP contribution in [0, 0.1) is 5.92 Å². The van der Waals surface area contributed by atoms with Crippen molar-refractivity contribution in [2.24, 2.45) is 5.92 Å². The summed E-state index contributed by atoms with van der Waals surface area (Å²) in [6.45, 7) is 2.42. The maximum atomic E-state index is 11.9. The Morgan fingerprint density at radius 3 is 3.00 bits per heavy atom. The Morgan fingerprint density at radius 2 is 2.30 bits per heavy atom. The van der Waals surface area contributed by atoms with Gasteiger partial charge in [0, 0.05) is 32.3 Å². The molecule has 8 heteroatoms. The summed E-state index contributed by atoms with van der Waals surface area (Å²) >= 11 is 0. The normalized spacial score (nSPS) is 18.2. The van der Waals surface area contributed by atoms with E-state index in [0.29, 0.717) is 38.5 Å². The number of carbonyl (C=O) groups excluding carboxylic acids is 1. The highest BCUT2D eigenvalue weighted by molar-refractivity contribution is 5.74. The Bertz CT molecular complexity index is 448. The number of aromatic nitrogens is 3. The maximum Gasteiger partial charge on any atom is 0.317 e. The van der Waals surface area contributed by atoms with Crippen molar-refractivity contribution in [1.82, 2.24) is 25.2 Å². The van der Waals surface area contributed by atoms with Crippen molar-refractivity contribution < 1.29 is 14.7 Å². The van der Waals surface area contributed by atoms with Crippen molar-refractivity contribution in [1.29, 1.82) is 0 Å². The zero-order valence-electron chi connectivity index (χ0n) is 11.2. The molecular weight excluding hydrogens is 262 g/mol. The molecule has 1 aliphatic rings. The lowest BCUT2D eigenvalue weighted by Crippen LogP contribution is -2.39. The molecule has 1 unspecified atom stereocenters. The number of hydrogen-bond acceptors (Lipinski definition) is 4. The van der Waals surface area contributed by atoms with Crippen molar-refractivity contribution in [3.63, 3.8) is 0 Å². The summed E-state index contributed by atoms with van der Waals surface area (Å²) < 4.78 is 1.65. The van der Waals surface area contributed by atoms with Gasteiger partial charge in [-0.15, -0.1) is 5.10 Å². The second kappa shape index (κ2) is 6.88. The van der Waals surface area contributed by atoms with E-state index in [1.54, 1.807) is 22.0 Å². The Labute approximate surface area is 116 Å². The average Bonchev–Trinajstić information content (AvgIpc) is 3.07. The van der Waals surface area contributed by atoms with Gasteiger partial charge in [0.05, 0.1) is 12.7 Å². The third-order valence-electron chi connectivity index (χ3n) is 3.43. The number of amides is 2. The number of carbonyl (C=O) groups is 2. The Kier molecular flexibility index (Phi) is 4.91. The molecule has 0 aromatic carbocycles. The van der Waals surface area contributed by atoms with E-state index in [1.165, 1.54) is 0 Å². The number of likely N-dealkylation sites (tertiary alicyclic amines) is 1. The molecule has 2 N–H and O–H groups in total. The molecule has 8 nitrogen and oxygen atoms in total. The fourth-order valence-electron chi connectivity index (χ4n) is 2.32. The summed E-state index contributed by atoms with van der Waals surface area (Å²) in [5.41, 5.74) is 0. The smallest absolute Gasteiger partial charge is 0.317 e.